The molecule has 0 amide bonds. The van der Waals surface area contributed by atoms with E-state index < -0.39 is 0 Å². The molecule has 100 valence electrons. The fourth-order valence-corrected chi connectivity index (χ4v) is 2.96. The fraction of sp³-hybridized carbons (Fsp3) is 0.545. The number of aromatic nitrogens is 4. The molecule has 2 aromatic rings. The van der Waals surface area contributed by atoms with Crippen molar-refractivity contribution in [2.45, 2.75) is 18.6 Å². The van der Waals surface area contributed by atoms with Gasteiger partial charge in [0.25, 0.3) is 0 Å². The van der Waals surface area contributed by atoms with E-state index in [1.54, 1.807) is 17.9 Å². The van der Waals surface area contributed by atoms with Crippen molar-refractivity contribution in [3.05, 3.63) is 22.0 Å². The average molecular weight is 282 g/mol. The molecular formula is C11H12ClN5O2. The molecule has 0 spiro atoms. The van der Waals surface area contributed by atoms with Gasteiger partial charge in [0, 0.05) is 13.5 Å². The number of imidazole rings is 1. The molecule has 8 heteroatoms. The maximum absolute atomic E-state index is 12.4. The van der Waals surface area contributed by atoms with Crippen molar-refractivity contribution in [3.8, 4) is 0 Å². The Labute approximate surface area is 113 Å². The summed E-state index contributed by atoms with van der Waals surface area (Å²) < 4.78 is 8.71. The number of halogens is 1. The second kappa shape index (κ2) is 3.71. The third kappa shape index (κ3) is 1.51. The quantitative estimate of drug-likeness (QED) is 0.683. The van der Waals surface area contributed by atoms with Crippen molar-refractivity contribution in [3.63, 3.8) is 0 Å². The second-order valence-corrected chi connectivity index (χ2v) is 5.33. The first-order valence-electron chi connectivity index (χ1n) is 6.14. The lowest BCUT2D eigenvalue weighted by molar-refractivity contribution is -0.139. The Bertz CT molecular complexity index is 708. The van der Waals surface area contributed by atoms with E-state index in [2.05, 4.69) is 9.97 Å². The topological polar surface area (TPSA) is 65.2 Å². The number of fused-ring (bicyclic) bond motifs is 3. The van der Waals surface area contributed by atoms with E-state index in [1.165, 1.54) is 4.57 Å². The number of rotatable bonds is 1. The summed E-state index contributed by atoms with van der Waals surface area (Å²) >= 11 is 5.84. The van der Waals surface area contributed by atoms with Crippen molar-refractivity contribution in [2.24, 2.45) is 7.05 Å². The molecular weight excluding hydrogens is 270 g/mol. The minimum atomic E-state index is -0.132. The van der Waals surface area contributed by atoms with Gasteiger partial charge in [0.2, 0.25) is 5.28 Å². The first kappa shape index (κ1) is 11.2. The summed E-state index contributed by atoms with van der Waals surface area (Å²) in [5, 5.41) is 2.13. The number of nitrogens with zero attached hydrogens (tertiary/aromatic N) is 5. The Hall–Kier alpha value is -1.60. The van der Waals surface area contributed by atoms with Crippen LogP contribution in [0.1, 0.15) is 6.42 Å². The third-order valence-corrected chi connectivity index (χ3v) is 3.96. The van der Waals surface area contributed by atoms with Crippen LogP contribution in [-0.2, 0) is 11.8 Å². The molecule has 0 saturated carbocycles. The largest absolute Gasteiger partial charge is 0.371 e. The van der Waals surface area contributed by atoms with Crippen LogP contribution in [0, 0.1) is 0 Å². The molecule has 0 radical (unpaired) electrons. The predicted molar refractivity (Wildman–Crippen MR) is 69.0 cm³/mol. The molecule has 2 aromatic heterocycles. The zero-order valence-electron chi connectivity index (χ0n) is 10.3. The van der Waals surface area contributed by atoms with Gasteiger partial charge >= 0.3 is 5.69 Å². The van der Waals surface area contributed by atoms with Gasteiger partial charge in [-0.1, -0.05) is 0 Å². The number of aryl methyl sites for hydroxylation is 1. The van der Waals surface area contributed by atoms with Crippen LogP contribution in [0.5, 0.6) is 0 Å². The SMILES string of the molecule is Cn1c(=O)n(N2CC3CC(C2)O3)c2nc(Cl)ncc21. The Kier molecular flexibility index (Phi) is 2.19. The average Bonchev–Trinajstić information content (AvgIpc) is 2.61. The molecule has 3 aliphatic rings. The lowest BCUT2D eigenvalue weighted by atomic mass is 10.0. The number of ether oxygens (including phenoxy) is 1. The molecule has 2 unspecified atom stereocenters. The molecule has 0 aromatic carbocycles. The molecule has 0 N–H and O–H groups in total. The van der Waals surface area contributed by atoms with Crippen LogP contribution in [0.15, 0.2) is 11.0 Å². The van der Waals surface area contributed by atoms with Crippen LogP contribution in [0.4, 0.5) is 0 Å². The van der Waals surface area contributed by atoms with Gasteiger partial charge in [0.1, 0.15) is 5.52 Å². The van der Waals surface area contributed by atoms with Gasteiger partial charge in [0.05, 0.1) is 31.5 Å². The molecule has 2 atom stereocenters. The van der Waals surface area contributed by atoms with Crippen LogP contribution in [0.25, 0.3) is 11.2 Å². The fourth-order valence-electron chi connectivity index (χ4n) is 2.83. The van der Waals surface area contributed by atoms with Gasteiger partial charge in [-0.15, -0.1) is 0 Å². The van der Waals surface area contributed by atoms with Gasteiger partial charge in [-0.25, -0.2) is 9.78 Å². The molecule has 5 heterocycles. The second-order valence-electron chi connectivity index (χ2n) is 4.99. The Morgan fingerprint density at radius 2 is 2.11 bits per heavy atom. The summed E-state index contributed by atoms with van der Waals surface area (Å²) in [6, 6.07) is 0. The van der Waals surface area contributed by atoms with Crippen molar-refractivity contribution < 1.29 is 4.74 Å². The van der Waals surface area contributed by atoms with E-state index in [4.69, 9.17) is 16.3 Å². The van der Waals surface area contributed by atoms with Crippen LogP contribution in [0.2, 0.25) is 5.28 Å². The van der Waals surface area contributed by atoms with Crippen LogP contribution in [-0.4, -0.2) is 44.5 Å². The smallest absolute Gasteiger partial charge is 0.349 e. The highest BCUT2D eigenvalue weighted by Gasteiger charge is 2.39. The number of morpholine rings is 1. The first-order chi connectivity index (χ1) is 9.13. The van der Waals surface area contributed by atoms with Gasteiger partial charge in [0.15, 0.2) is 5.65 Å². The highest BCUT2D eigenvalue weighted by atomic mass is 35.5. The molecule has 3 saturated heterocycles. The molecule has 5 rings (SSSR count). The van der Waals surface area contributed by atoms with Gasteiger partial charge in [-0.3, -0.25) is 4.57 Å². The minimum absolute atomic E-state index is 0.132. The Balaban J connectivity index is 1.91. The minimum Gasteiger partial charge on any atom is -0.371 e. The normalized spacial score (nSPS) is 25.7. The summed E-state index contributed by atoms with van der Waals surface area (Å²) in [6.07, 6.45) is 3.09. The van der Waals surface area contributed by atoms with E-state index in [1.807, 2.05) is 5.01 Å². The molecule has 2 bridgehead atoms. The number of hydrogen-bond donors (Lipinski definition) is 0. The van der Waals surface area contributed by atoms with Crippen LogP contribution >= 0.6 is 11.6 Å². The van der Waals surface area contributed by atoms with E-state index >= 15 is 0 Å². The zero-order chi connectivity index (χ0) is 13.1. The maximum atomic E-state index is 12.4. The Morgan fingerprint density at radius 1 is 1.42 bits per heavy atom. The van der Waals surface area contributed by atoms with Crippen LogP contribution in [0.3, 0.4) is 0 Å². The summed E-state index contributed by atoms with van der Waals surface area (Å²) in [5.41, 5.74) is 1.09. The lowest BCUT2D eigenvalue weighted by Gasteiger charge is -2.47. The summed E-state index contributed by atoms with van der Waals surface area (Å²) in [7, 11) is 1.71. The van der Waals surface area contributed by atoms with Crippen molar-refractivity contribution in [1.82, 2.24) is 19.2 Å². The molecule has 3 aliphatic heterocycles. The highest BCUT2D eigenvalue weighted by Crippen LogP contribution is 2.27. The Morgan fingerprint density at radius 3 is 2.79 bits per heavy atom. The van der Waals surface area contributed by atoms with Gasteiger partial charge in [-0.05, 0) is 11.6 Å². The summed E-state index contributed by atoms with van der Waals surface area (Å²) in [4.78, 5) is 20.5. The molecule has 0 aliphatic carbocycles. The molecule has 7 nitrogen and oxygen atoms in total. The van der Waals surface area contributed by atoms with Crippen molar-refractivity contribution in [1.29, 1.82) is 0 Å². The van der Waals surface area contributed by atoms with Gasteiger partial charge in [-0.2, -0.15) is 9.66 Å². The molecule has 19 heavy (non-hydrogen) atoms. The van der Waals surface area contributed by atoms with E-state index in [-0.39, 0.29) is 23.2 Å². The van der Waals surface area contributed by atoms with E-state index in [0.29, 0.717) is 24.3 Å². The predicted octanol–water partition coefficient (Wildman–Crippen LogP) is -0.107. The zero-order valence-corrected chi connectivity index (χ0v) is 11.0. The van der Waals surface area contributed by atoms with E-state index in [0.717, 1.165) is 6.42 Å². The standard InChI is InChI=1S/C11H12ClN5O2/c1-15-8-3-13-10(12)14-9(8)17(11(15)18)16-4-6-2-7(5-16)19-6/h3,6-7H,2,4-5H2,1H3. The molecule has 3 fully saturated rings. The third-order valence-electron chi connectivity index (χ3n) is 3.77. The first-order valence-corrected chi connectivity index (χ1v) is 6.52. The van der Waals surface area contributed by atoms with Crippen molar-refractivity contribution >= 4 is 22.8 Å². The maximum Gasteiger partial charge on any atom is 0.349 e. The number of hydrogen-bond acceptors (Lipinski definition) is 5. The summed E-state index contributed by atoms with van der Waals surface area (Å²) in [5.74, 6) is 0. The van der Waals surface area contributed by atoms with Gasteiger partial charge < -0.3 is 9.75 Å². The monoisotopic (exact) mass is 281 g/mol. The number of piperidine rings is 1. The van der Waals surface area contributed by atoms with E-state index in [9.17, 15) is 4.79 Å². The summed E-state index contributed by atoms with van der Waals surface area (Å²) in [6.45, 7) is 1.41. The lowest BCUT2D eigenvalue weighted by Crippen LogP contribution is -2.62. The van der Waals surface area contributed by atoms with Crippen LogP contribution < -0.4 is 10.7 Å². The highest BCUT2D eigenvalue weighted by molar-refractivity contribution is 6.28. The van der Waals surface area contributed by atoms with Crippen molar-refractivity contribution in [2.75, 3.05) is 18.1 Å².